The van der Waals surface area contributed by atoms with Crippen LogP contribution in [0.5, 0.6) is 0 Å². The Balaban J connectivity index is 2.59. The van der Waals surface area contributed by atoms with E-state index in [2.05, 4.69) is 15.9 Å². The highest BCUT2D eigenvalue weighted by atomic mass is 79.9. The summed E-state index contributed by atoms with van der Waals surface area (Å²) in [6.45, 7) is 0. The molecule has 1 aromatic heterocycles. The molecule has 2 aromatic rings. The smallest absolute Gasteiger partial charge is 0.257 e. The fraction of sp³-hybridized carbons (Fsp3) is 0. The highest BCUT2D eigenvalue weighted by Crippen LogP contribution is 2.13. The van der Waals surface area contributed by atoms with Crippen molar-refractivity contribution in [3.8, 4) is 5.69 Å². The molecule has 2 nitrogen and oxygen atoms in total. The third-order valence-corrected chi connectivity index (χ3v) is 2.46. The summed E-state index contributed by atoms with van der Waals surface area (Å²) in [6, 6.07) is 9.46. The van der Waals surface area contributed by atoms with Gasteiger partial charge in [-0.3, -0.25) is 9.36 Å². The number of hydrogen-bond donors (Lipinski definition) is 0. The average Bonchev–Trinajstić information content (AvgIpc) is 2.17. The third-order valence-electron chi connectivity index (χ3n) is 1.97. The number of rotatable bonds is 1. The molecule has 4 heteroatoms. The second kappa shape index (κ2) is 3.98. The molecular formula is C11H7BrFNO. The Bertz CT molecular complexity index is 550. The summed E-state index contributed by atoms with van der Waals surface area (Å²) in [7, 11) is 0. The lowest BCUT2D eigenvalue weighted by Crippen LogP contribution is -2.16. The first-order valence-corrected chi connectivity index (χ1v) is 5.10. The Hall–Kier alpha value is -1.42. The van der Waals surface area contributed by atoms with E-state index in [9.17, 15) is 9.18 Å². The average molecular weight is 268 g/mol. The fourth-order valence-electron chi connectivity index (χ4n) is 1.29. The molecule has 0 N–H and O–H groups in total. The maximum atomic E-state index is 12.7. The van der Waals surface area contributed by atoms with E-state index in [1.807, 2.05) is 12.1 Å². The van der Waals surface area contributed by atoms with E-state index in [0.717, 1.165) is 10.5 Å². The summed E-state index contributed by atoms with van der Waals surface area (Å²) in [4.78, 5) is 11.5. The van der Waals surface area contributed by atoms with E-state index in [0.29, 0.717) is 5.69 Å². The predicted molar refractivity (Wildman–Crippen MR) is 59.7 cm³/mol. The highest BCUT2D eigenvalue weighted by Gasteiger charge is 2.00. The summed E-state index contributed by atoms with van der Waals surface area (Å²) in [6.07, 6.45) is 1.42. The molecule has 0 bridgehead atoms. The largest absolute Gasteiger partial charge is 0.284 e. The molecular weight excluding hydrogens is 261 g/mol. The number of benzene rings is 1. The normalized spacial score (nSPS) is 10.3. The predicted octanol–water partition coefficient (Wildman–Crippen LogP) is 2.74. The molecule has 0 unspecified atom stereocenters. The molecule has 0 spiro atoms. The van der Waals surface area contributed by atoms with Crippen molar-refractivity contribution in [1.29, 1.82) is 0 Å². The molecule has 1 heterocycles. The summed E-state index contributed by atoms with van der Waals surface area (Å²) < 4.78 is 15.0. The second-order valence-electron chi connectivity index (χ2n) is 3.03. The van der Waals surface area contributed by atoms with Gasteiger partial charge >= 0.3 is 0 Å². The minimum atomic E-state index is -0.522. The van der Waals surface area contributed by atoms with Crippen LogP contribution in [0.4, 0.5) is 4.39 Å². The quantitative estimate of drug-likeness (QED) is 0.779. The van der Waals surface area contributed by atoms with E-state index in [1.165, 1.54) is 16.8 Å². The highest BCUT2D eigenvalue weighted by molar-refractivity contribution is 9.10. The van der Waals surface area contributed by atoms with Crippen molar-refractivity contribution >= 4 is 15.9 Å². The lowest BCUT2D eigenvalue weighted by Gasteiger charge is -2.04. The van der Waals surface area contributed by atoms with Gasteiger partial charge in [-0.05, 0) is 24.3 Å². The lowest BCUT2D eigenvalue weighted by atomic mass is 10.3. The van der Waals surface area contributed by atoms with Crippen molar-refractivity contribution in [3.05, 3.63) is 63.2 Å². The first kappa shape index (κ1) is 10.1. The molecule has 0 radical (unpaired) electrons. The molecule has 0 fully saturated rings. The summed E-state index contributed by atoms with van der Waals surface area (Å²) in [5.41, 5.74) is 0.322. The number of nitrogens with zero attached hydrogens (tertiary/aromatic N) is 1. The molecule has 0 amide bonds. The van der Waals surface area contributed by atoms with Gasteiger partial charge in [-0.15, -0.1) is 0 Å². The van der Waals surface area contributed by atoms with Crippen LogP contribution in [0.1, 0.15) is 0 Å². The van der Waals surface area contributed by atoms with Crippen LogP contribution in [0.2, 0.25) is 0 Å². The van der Waals surface area contributed by atoms with Crippen molar-refractivity contribution in [3.63, 3.8) is 0 Å². The maximum Gasteiger partial charge on any atom is 0.257 e. The van der Waals surface area contributed by atoms with Gasteiger partial charge < -0.3 is 0 Å². The zero-order chi connectivity index (χ0) is 10.8. The fourth-order valence-corrected chi connectivity index (χ4v) is 1.68. The molecule has 0 aliphatic rings. The van der Waals surface area contributed by atoms with Gasteiger partial charge in [0.1, 0.15) is 5.82 Å². The standard InChI is InChI=1S/C11H7BrFNO/c12-8-2-1-3-10(6-8)14-5-4-9(13)7-11(14)15/h1-7H. The Morgan fingerprint density at radius 1 is 1.20 bits per heavy atom. The van der Waals surface area contributed by atoms with Crippen LogP contribution in [0.3, 0.4) is 0 Å². The zero-order valence-electron chi connectivity index (χ0n) is 7.65. The van der Waals surface area contributed by atoms with Crippen molar-refractivity contribution in [2.24, 2.45) is 0 Å². The Kier molecular flexibility index (Phi) is 2.68. The maximum absolute atomic E-state index is 12.7. The summed E-state index contributed by atoms with van der Waals surface area (Å²) in [5.74, 6) is -0.522. The van der Waals surface area contributed by atoms with Gasteiger partial charge in [0.2, 0.25) is 0 Å². The number of pyridine rings is 1. The number of halogens is 2. The molecule has 1 aromatic carbocycles. The van der Waals surface area contributed by atoms with E-state index in [1.54, 1.807) is 12.1 Å². The Morgan fingerprint density at radius 3 is 2.67 bits per heavy atom. The van der Waals surface area contributed by atoms with Crippen molar-refractivity contribution in [2.45, 2.75) is 0 Å². The first-order valence-electron chi connectivity index (χ1n) is 4.31. The van der Waals surface area contributed by atoms with Crippen LogP contribution >= 0.6 is 15.9 Å². The topological polar surface area (TPSA) is 22.0 Å². The third kappa shape index (κ3) is 2.15. The van der Waals surface area contributed by atoms with Crippen LogP contribution in [-0.4, -0.2) is 4.57 Å². The molecule has 2 rings (SSSR count). The zero-order valence-corrected chi connectivity index (χ0v) is 9.24. The van der Waals surface area contributed by atoms with Crippen LogP contribution in [-0.2, 0) is 0 Å². The van der Waals surface area contributed by atoms with Gasteiger partial charge in [0.05, 0.1) is 0 Å². The van der Waals surface area contributed by atoms with Gasteiger partial charge in [-0.25, -0.2) is 4.39 Å². The Morgan fingerprint density at radius 2 is 2.00 bits per heavy atom. The SMILES string of the molecule is O=c1cc(F)ccn1-c1cccc(Br)c1. The van der Waals surface area contributed by atoms with Crippen molar-refractivity contribution < 1.29 is 4.39 Å². The van der Waals surface area contributed by atoms with Gasteiger partial charge in [-0.2, -0.15) is 0 Å². The molecule has 0 aliphatic carbocycles. The van der Waals surface area contributed by atoms with Crippen LogP contribution < -0.4 is 5.56 Å². The molecule has 15 heavy (non-hydrogen) atoms. The number of aromatic nitrogens is 1. The molecule has 0 saturated heterocycles. The Labute approximate surface area is 94.1 Å². The minimum Gasteiger partial charge on any atom is -0.284 e. The van der Waals surface area contributed by atoms with Crippen LogP contribution in [0.15, 0.2) is 51.9 Å². The van der Waals surface area contributed by atoms with E-state index < -0.39 is 5.82 Å². The minimum absolute atomic E-state index is 0.381. The van der Waals surface area contributed by atoms with Gasteiger partial charge in [0.15, 0.2) is 0 Å². The van der Waals surface area contributed by atoms with Gasteiger partial charge in [0, 0.05) is 22.4 Å². The van der Waals surface area contributed by atoms with Crippen molar-refractivity contribution in [1.82, 2.24) is 4.57 Å². The molecule has 0 aliphatic heterocycles. The van der Waals surface area contributed by atoms with Crippen LogP contribution in [0, 0.1) is 5.82 Å². The molecule has 0 atom stereocenters. The first-order chi connectivity index (χ1) is 7.16. The second-order valence-corrected chi connectivity index (χ2v) is 3.95. The van der Waals surface area contributed by atoms with E-state index in [-0.39, 0.29) is 5.56 Å². The van der Waals surface area contributed by atoms with E-state index >= 15 is 0 Å². The lowest BCUT2D eigenvalue weighted by molar-refractivity contribution is 0.620. The van der Waals surface area contributed by atoms with Gasteiger partial charge in [0.25, 0.3) is 5.56 Å². The monoisotopic (exact) mass is 267 g/mol. The molecule has 76 valence electrons. The van der Waals surface area contributed by atoms with Crippen LogP contribution in [0.25, 0.3) is 5.69 Å². The van der Waals surface area contributed by atoms with Crippen molar-refractivity contribution in [2.75, 3.05) is 0 Å². The summed E-state index contributed by atoms with van der Waals surface area (Å²) >= 11 is 3.31. The molecule has 0 saturated carbocycles. The number of hydrogen-bond acceptors (Lipinski definition) is 1. The van der Waals surface area contributed by atoms with E-state index in [4.69, 9.17) is 0 Å². The summed E-state index contributed by atoms with van der Waals surface area (Å²) in [5, 5.41) is 0. The van der Waals surface area contributed by atoms with Gasteiger partial charge in [-0.1, -0.05) is 22.0 Å².